The lowest BCUT2D eigenvalue weighted by Gasteiger charge is -2.37. The summed E-state index contributed by atoms with van der Waals surface area (Å²) >= 11 is 0. The van der Waals surface area contributed by atoms with E-state index in [-0.39, 0.29) is 17.4 Å². The van der Waals surface area contributed by atoms with Gasteiger partial charge in [-0.3, -0.25) is 4.79 Å². The number of rotatable bonds is 10. The number of ether oxygens (including phenoxy) is 1. The van der Waals surface area contributed by atoms with Gasteiger partial charge in [0.05, 0.1) is 18.8 Å². The van der Waals surface area contributed by atoms with Crippen LogP contribution in [-0.2, 0) is 9.53 Å². The highest BCUT2D eigenvalue weighted by molar-refractivity contribution is 5.81. The van der Waals surface area contributed by atoms with E-state index in [2.05, 4.69) is 29.8 Å². The van der Waals surface area contributed by atoms with Crippen molar-refractivity contribution in [3.05, 3.63) is 0 Å². The molecule has 0 radical (unpaired) electrons. The molecule has 1 aliphatic heterocycles. The maximum absolute atomic E-state index is 12.9. The first-order valence-electron chi connectivity index (χ1n) is 13.3. The Morgan fingerprint density at radius 1 is 1.00 bits per heavy atom. The molecule has 1 heterocycles. The second kappa shape index (κ2) is 12.6. The van der Waals surface area contributed by atoms with Crippen molar-refractivity contribution < 1.29 is 9.53 Å². The molecule has 5 nitrogen and oxygen atoms in total. The molecule has 5 heteroatoms. The number of likely N-dealkylation sites (N-methyl/N-ethyl adjacent to an activating group) is 1. The van der Waals surface area contributed by atoms with Crippen LogP contribution in [0.1, 0.15) is 97.3 Å². The molecular formula is C26H49N3O2. The molecule has 31 heavy (non-hydrogen) atoms. The third-order valence-electron chi connectivity index (χ3n) is 8.40. The number of hydrogen-bond acceptors (Lipinski definition) is 4. The predicted octanol–water partition coefficient (Wildman–Crippen LogP) is 4.40. The molecular weight excluding hydrogens is 386 g/mol. The fourth-order valence-corrected chi connectivity index (χ4v) is 6.01. The van der Waals surface area contributed by atoms with Crippen molar-refractivity contribution >= 4 is 5.91 Å². The Balaban J connectivity index is 1.34. The van der Waals surface area contributed by atoms with E-state index >= 15 is 0 Å². The first kappa shape index (κ1) is 25.0. The summed E-state index contributed by atoms with van der Waals surface area (Å²) in [6, 6.07) is 0.484. The normalized spacial score (nSPS) is 29.5. The van der Waals surface area contributed by atoms with Gasteiger partial charge in [0, 0.05) is 12.6 Å². The van der Waals surface area contributed by atoms with Gasteiger partial charge in [-0.2, -0.15) is 0 Å². The highest BCUT2D eigenvalue weighted by atomic mass is 16.5. The average molecular weight is 436 g/mol. The zero-order valence-corrected chi connectivity index (χ0v) is 20.5. The first-order valence-corrected chi connectivity index (χ1v) is 13.3. The number of hydrogen-bond donors (Lipinski definition) is 3. The topological polar surface area (TPSA) is 62.4 Å². The van der Waals surface area contributed by atoms with Crippen molar-refractivity contribution in [2.45, 2.75) is 116 Å². The summed E-state index contributed by atoms with van der Waals surface area (Å²) in [4.78, 5) is 12.9. The van der Waals surface area contributed by atoms with Crippen molar-refractivity contribution in [1.29, 1.82) is 0 Å². The molecule has 1 amide bonds. The van der Waals surface area contributed by atoms with E-state index in [9.17, 15) is 4.79 Å². The van der Waals surface area contributed by atoms with Gasteiger partial charge in [-0.05, 0) is 88.6 Å². The van der Waals surface area contributed by atoms with Crippen LogP contribution < -0.4 is 16.0 Å². The molecule has 3 N–H and O–H groups in total. The van der Waals surface area contributed by atoms with Gasteiger partial charge in [-0.25, -0.2) is 0 Å². The highest BCUT2D eigenvalue weighted by Crippen LogP contribution is 2.37. The second-order valence-corrected chi connectivity index (χ2v) is 11.2. The van der Waals surface area contributed by atoms with Crippen LogP contribution in [0.2, 0.25) is 0 Å². The first-order chi connectivity index (χ1) is 15.0. The summed E-state index contributed by atoms with van der Waals surface area (Å²) in [5.41, 5.74) is 0.191. The molecule has 0 aromatic carbocycles. The number of nitrogens with one attached hydrogen (secondary N) is 3. The minimum Gasteiger partial charge on any atom is -0.377 e. The molecule has 3 aliphatic rings. The zero-order valence-electron chi connectivity index (χ0n) is 20.5. The number of piperidine rings is 1. The molecule has 2 atom stereocenters. The van der Waals surface area contributed by atoms with Crippen LogP contribution in [0.5, 0.6) is 0 Å². The van der Waals surface area contributed by atoms with Gasteiger partial charge in [0.25, 0.3) is 0 Å². The fraction of sp³-hybridized carbons (Fsp3) is 0.962. The van der Waals surface area contributed by atoms with Crippen LogP contribution in [0.15, 0.2) is 0 Å². The van der Waals surface area contributed by atoms with Crippen molar-refractivity contribution in [2.24, 2.45) is 17.3 Å². The average Bonchev–Trinajstić information content (AvgIpc) is 2.81. The van der Waals surface area contributed by atoms with Gasteiger partial charge < -0.3 is 20.7 Å². The smallest absolute Gasteiger partial charge is 0.237 e. The van der Waals surface area contributed by atoms with Crippen molar-refractivity contribution in [2.75, 3.05) is 26.7 Å². The molecule has 2 unspecified atom stereocenters. The molecule has 2 aliphatic carbocycles. The highest BCUT2D eigenvalue weighted by Gasteiger charge is 2.32. The minimum absolute atomic E-state index is 0.0731. The molecule has 0 aromatic rings. The summed E-state index contributed by atoms with van der Waals surface area (Å²) in [6.07, 6.45) is 16.6. The van der Waals surface area contributed by atoms with E-state index in [1.54, 1.807) is 0 Å². The standard InChI is InChI=1S/C26H49N3O2/c1-26(2,21-9-5-4-6-10-21)19-29-25(30)24(27-3)17-20-12-14-23(15-13-20)31-18-22-11-7-8-16-28-22/h20-24,27-28H,4-19H2,1-3H3,(H,29,30). The van der Waals surface area contributed by atoms with E-state index < -0.39 is 0 Å². The van der Waals surface area contributed by atoms with E-state index in [4.69, 9.17) is 4.74 Å². The zero-order chi connectivity index (χ0) is 22.1. The molecule has 180 valence electrons. The quantitative estimate of drug-likeness (QED) is 0.476. The molecule has 0 spiro atoms. The summed E-state index contributed by atoms with van der Waals surface area (Å²) in [5.74, 6) is 1.56. The van der Waals surface area contributed by atoms with Crippen LogP contribution in [0.3, 0.4) is 0 Å². The molecule has 1 saturated heterocycles. The predicted molar refractivity (Wildman–Crippen MR) is 128 cm³/mol. The Morgan fingerprint density at radius 2 is 1.71 bits per heavy atom. The van der Waals surface area contributed by atoms with Crippen molar-refractivity contribution in [1.82, 2.24) is 16.0 Å². The van der Waals surface area contributed by atoms with Crippen molar-refractivity contribution in [3.63, 3.8) is 0 Å². The minimum atomic E-state index is -0.0731. The van der Waals surface area contributed by atoms with E-state index in [0.717, 1.165) is 44.9 Å². The van der Waals surface area contributed by atoms with Gasteiger partial charge in [0.15, 0.2) is 0 Å². The summed E-state index contributed by atoms with van der Waals surface area (Å²) in [5, 5.41) is 10.2. The third-order valence-corrected chi connectivity index (χ3v) is 8.40. The van der Waals surface area contributed by atoms with Gasteiger partial charge in [0.2, 0.25) is 5.91 Å². The van der Waals surface area contributed by atoms with E-state index in [1.165, 1.54) is 64.2 Å². The Hall–Kier alpha value is -0.650. The van der Waals surface area contributed by atoms with Crippen LogP contribution in [0.25, 0.3) is 0 Å². The Morgan fingerprint density at radius 3 is 2.35 bits per heavy atom. The third kappa shape index (κ3) is 8.01. The van der Waals surface area contributed by atoms with Gasteiger partial charge in [-0.15, -0.1) is 0 Å². The Labute approximate surface area is 191 Å². The summed E-state index contributed by atoms with van der Waals surface area (Å²) in [7, 11) is 1.93. The molecule has 3 rings (SSSR count). The van der Waals surface area contributed by atoms with Crippen LogP contribution in [0, 0.1) is 17.3 Å². The van der Waals surface area contributed by atoms with Crippen LogP contribution in [0.4, 0.5) is 0 Å². The lowest BCUT2D eigenvalue weighted by atomic mass is 9.71. The number of carbonyl (C=O) groups is 1. The van der Waals surface area contributed by atoms with E-state index in [1.807, 2.05) is 7.05 Å². The molecule has 2 saturated carbocycles. The maximum Gasteiger partial charge on any atom is 0.237 e. The monoisotopic (exact) mass is 435 g/mol. The van der Waals surface area contributed by atoms with Gasteiger partial charge >= 0.3 is 0 Å². The number of carbonyl (C=O) groups excluding carboxylic acids is 1. The molecule has 0 aromatic heterocycles. The maximum atomic E-state index is 12.9. The Bertz CT molecular complexity index is 519. The van der Waals surface area contributed by atoms with E-state index in [0.29, 0.717) is 18.1 Å². The van der Waals surface area contributed by atoms with Crippen molar-refractivity contribution in [3.8, 4) is 0 Å². The second-order valence-electron chi connectivity index (χ2n) is 11.2. The fourth-order valence-electron chi connectivity index (χ4n) is 6.01. The lowest BCUT2D eigenvalue weighted by molar-refractivity contribution is -0.124. The Kier molecular flexibility index (Phi) is 10.1. The van der Waals surface area contributed by atoms with Gasteiger partial charge in [-0.1, -0.05) is 39.5 Å². The largest absolute Gasteiger partial charge is 0.377 e. The molecule has 3 fully saturated rings. The molecule has 0 bridgehead atoms. The SMILES string of the molecule is CNC(CC1CCC(OCC2CCCCN2)CC1)C(=O)NCC(C)(C)C1CCCCC1. The van der Waals surface area contributed by atoms with Crippen LogP contribution >= 0.6 is 0 Å². The number of amides is 1. The summed E-state index contributed by atoms with van der Waals surface area (Å²) in [6.45, 7) is 7.48. The van der Waals surface area contributed by atoms with Gasteiger partial charge in [0.1, 0.15) is 0 Å². The van der Waals surface area contributed by atoms with Crippen LogP contribution in [-0.4, -0.2) is 50.8 Å². The summed E-state index contributed by atoms with van der Waals surface area (Å²) < 4.78 is 6.23. The lowest BCUT2D eigenvalue weighted by Crippen LogP contribution is -2.48.